The van der Waals surface area contributed by atoms with E-state index in [2.05, 4.69) is 79.5 Å². The van der Waals surface area contributed by atoms with Gasteiger partial charge in [0.1, 0.15) is 0 Å². The molecule has 1 nitrogen and oxygen atoms in total. The minimum absolute atomic E-state index is 1.02. The Kier molecular flexibility index (Phi) is 3.34. The van der Waals surface area contributed by atoms with E-state index in [1.165, 1.54) is 22.3 Å². The molecule has 0 saturated heterocycles. The molecule has 0 saturated carbocycles. The molecule has 1 heterocycles. The minimum Gasteiger partial charge on any atom is -0.256 e. The highest BCUT2D eigenvalue weighted by atomic mass is 14.7. The molecule has 0 radical (unpaired) electrons. The molecule has 0 fully saturated rings. The van der Waals surface area contributed by atoms with Crippen LogP contribution in [0.1, 0.15) is 11.1 Å². The van der Waals surface area contributed by atoms with Gasteiger partial charge in [0.25, 0.3) is 0 Å². The van der Waals surface area contributed by atoms with Crippen molar-refractivity contribution in [3.63, 3.8) is 0 Å². The van der Waals surface area contributed by atoms with Gasteiger partial charge in [0.2, 0.25) is 0 Å². The smallest absolute Gasteiger partial charge is 0.0702 e. The molecule has 0 atom stereocenters. The molecule has 0 unspecified atom stereocenters. The Balaban J connectivity index is 2.06. The highest BCUT2D eigenvalue weighted by molar-refractivity contribution is 5.73. The number of hydrogen-bond donors (Lipinski definition) is 0. The van der Waals surface area contributed by atoms with Crippen molar-refractivity contribution < 1.29 is 0 Å². The van der Waals surface area contributed by atoms with Crippen LogP contribution in [-0.4, -0.2) is 4.98 Å². The Labute approximate surface area is 119 Å². The van der Waals surface area contributed by atoms with Gasteiger partial charge in [-0.25, -0.2) is 0 Å². The Hall–Kier alpha value is -2.41. The number of nitrogens with zero attached hydrogens (tertiary/aromatic N) is 1. The molecule has 0 aliphatic heterocycles. The molecule has 0 N–H and O–H groups in total. The fourth-order valence-electron chi connectivity index (χ4n) is 2.38. The molecule has 3 aromatic rings. The van der Waals surface area contributed by atoms with Gasteiger partial charge in [-0.15, -0.1) is 0 Å². The van der Waals surface area contributed by atoms with Crippen molar-refractivity contribution in [2.75, 3.05) is 0 Å². The maximum atomic E-state index is 4.51. The first-order valence-electron chi connectivity index (χ1n) is 6.83. The molecular weight excluding hydrogens is 242 g/mol. The van der Waals surface area contributed by atoms with Crippen molar-refractivity contribution in [3.8, 4) is 22.4 Å². The van der Waals surface area contributed by atoms with Gasteiger partial charge in [-0.05, 0) is 48.2 Å². The topological polar surface area (TPSA) is 12.9 Å². The van der Waals surface area contributed by atoms with Crippen LogP contribution in [0.4, 0.5) is 0 Å². The minimum atomic E-state index is 1.02. The molecule has 3 rings (SSSR count). The van der Waals surface area contributed by atoms with Crippen LogP contribution in [0.3, 0.4) is 0 Å². The highest BCUT2D eigenvalue weighted by Crippen LogP contribution is 2.27. The Morgan fingerprint density at radius 3 is 2.30 bits per heavy atom. The summed E-state index contributed by atoms with van der Waals surface area (Å²) >= 11 is 0. The average molecular weight is 259 g/mol. The van der Waals surface area contributed by atoms with Crippen molar-refractivity contribution in [2.24, 2.45) is 0 Å². The summed E-state index contributed by atoms with van der Waals surface area (Å²) in [6, 6.07) is 21.2. The zero-order chi connectivity index (χ0) is 13.9. The fourth-order valence-corrected chi connectivity index (χ4v) is 2.38. The van der Waals surface area contributed by atoms with Crippen LogP contribution >= 0.6 is 0 Å². The number of aromatic nitrogens is 1. The van der Waals surface area contributed by atoms with E-state index < -0.39 is 0 Å². The summed E-state index contributed by atoms with van der Waals surface area (Å²) in [4.78, 5) is 4.51. The van der Waals surface area contributed by atoms with Crippen LogP contribution in [0.25, 0.3) is 22.4 Å². The summed E-state index contributed by atoms with van der Waals surface area (Å²) in [6.45, 7) is 4.20. The predicted molar refractivity (Wildman–Crippen MR) is 84.6 cm³/mol. The van der Waals surface area contributed by atoms with E-state index in [-0.39, 0.29) is 0 Å². The van der Waals surface area contributed by atoms with Gasteiger partial charge in [-0.3, -0.25) is 4.98 Å². The third-order valence-electron chi connectivity index (χ3n) is 3.53. The summed E-state index contributed by atoms with van der Waals surface area (Å²) in [5, 5.41) is 0. The van der Waals surface area contributed by atoms with Crippen molar-refractivity contribution in [1.82, 2.24) is 4.98 Å². The van der Waals surface area contributed by atoms with Crippen LogP contribution in [-0.2, 0) is 0 Å². The van der Waals surface area contributed by atoms with Gasteiger partial charge < -0.3 is 0 Å². The molecule has 1 aromatic heterocycles. The van der Waals surface area contributed by atoms with Crippen LogP contribution in [0.2, 0.25) is 0 Å². The molecule has 2 aromatic carbocycles. The highest BCUT2D eigenvalue weighted by Gasteiger charge is 2.04. The van der Waals surface area contributed by atoms with Crippen LogP contribution in [0.5, 0.6) is 0 Å². The molecule has 0 amide bonds. The zero-order valence-corrected chi connectivity index (χ0v) is 11.8. The van der Waals surface area contributed by atoms with Crippen molar-refractivity contribution in [3.05, 3.63) is 78.0 Å². The molecule has 0 aliphatic carbocycles. The fraction of sp³-hybridized carbons (Fsp3) is 0.105. The van der Waals surface area contributed by atoms with Gasteiger partial charge in [0.15, 0.2) is 0 Å². The Morgan fingerprint density at radius 2 is 1.55 bits per heavy atom. The normalized spacial score (nSPS) is 10.5. The third-order valence-corrected chi connectivity index (χ3v) is 3.53. The molecule has 0 bridgehead atoms. The summed E-state index contributed by atoms with van der Waals surface area (Å²) in [6.07, 6.45) is 1.91. The standard InChI is InChI=1S/C19H17N/c1-14-10-11-19(20-13-14)17-8-5-7-16(12-17)18-9-4-3-6-15(18)2/h3-13H,1-2H3. The largest absolute Gasteiger partial charge is 0.256 e. The maximum Gasteiger partial charge on any atom is 0.0702 e. The quantitative estimate of drug-likeness (QED) is 0.628. The molecule has 98 valence electrons. The number of benzene rings is 2. The lowest BCUT2D eigenvalue weighted by atomic mass is 9.98. The van der Waals surface area contributed by atoms with Crippen LogP contribution in [0, 0.1) is 13.8 Å². The second-order valence-electron chi connectivity index (χ2n) is 5.12. The molecule has 0 aliphatic rings. The lowest BCUT2D eigenvalue weighted by molar-refractivity contribution is 1.27. The zero-order valence-electron chi connectivity index (χ0n) is 11.8. The monoisotopic (exact) mass is 259 g/mol. The second kappa shape index (κ2) is 5.30. The maximum absolute atomic E-state index is 4.51. The molecule has 1 heteroatoms. The molecule has 0 spiro atoms. The first kappa shape index (κ1) is 12.6. The average Bonchev–Trinajstić information content (AvgIpc) is 2.49. The summed E-state index contributed by atoms with van der Waals surface area (Å²) < 4.78 is 0. The van der Waals surface area contributed by atoms with Crippen molar-refractivity contribution in [2.45, 2.75) is 13.8 Å². The lowest BCUT2D eigenvalue weighted by Gasteiger charge is -2.08. The third kappa shape index (κ3) is 2.48. The molecular formula is C19H17N. The summed E-state index contributed by atoms with van der Waals surface area (Å²) in [5.41, 5.74) is 7.17. The number of rotatable bonds is 2. The summed E-state index contributed by atoms with van der Waals surface area (Å²) in [5.74, 6) is 0. The Bertz CT molecular complexity index is 727. The van der Waals surface area contributed by atoms with E-state index in [0.29, 0.717) is 0 Å². The van der Waals surface area contributed by atoms with E-state index in [1.54, 1.807) is 0 Å². The van der Waals surface area contributed by atoms with Crippen LogP contribution in [0.15, 0.2) is 66.9 Å². The van der Waals surface area contributed by atoms with E-state index in [4.69, 9.17) is 0 Å². The van der Waals surface area contributed by atoms with E-state index in [0.717, 1.165) is 11.3 Å². The van der Waals surface area contributed by atoms with Gasteiger partial charge in [-0.1, -0.05) is 48.5 Å². The molecule has 20 heavy (non-hydrogen) atoms. The SMILES string of the molecule is Cc1ccc(-c2cccc(-c3ccccc3C)c2)nc1. The predicted octanol–water partition coefficient (Wildman–Crippen LogP) is 5.03. The number of pyridine rings is 1. The first-order valence-corrected chi connectivity index (χ1v) is 6.83. The van der Waals surface area contributed by atoms with Crippen molar-refractivity contribution in [1.29, 1.82) is 0 Å². The summed E-state index contributed by atoms with van der Waals surface area (Å²) in [7, 11) is 0. The van der Waals surface area contributed by atoms with E-state index in [9.17, 15) is 0 Å². The van der Waals surface area contributed by atoms with Gasteiger partial charge in [0.05, 0.1) is 5.69 Å². The van der Waals surface area contributed by atoms with E-state index in [1.807, 2.05) is 6.20 Å². The second-order valence-corrected chi connectivity index (χ2v) is 5.12. The first-order chi connectivity index (χ1) is 9.74. The van der Waals surface area contributed by atoms with Gasteiger partial charge in [0, 0.05) is 11.8 Å². The Morgan fingerprint density at radius 1 is 0.750 bits per heavy atom. The number of hydrogen-bond acceptors (Lipinski definition) is 1. The van der Waals surface area contributed by atoms with E-state index >= 15 is 0 Å². The number of aryl methyl sites for hydroxylation is 2. The lowest BCUT2D eigenvalue weighted by Crippen LogP contribution is -1.86. The van der Waals surface area contributed by atoms with Crippen LogP contribution < -0.4 is 0 Å². The van der Waals surface area contributed by atoms with Crippen molar-refractivity contribution >= 4 is 0 Å². The van der Waals surface area contributed by atoms with Gasteiger partial charge >= 0.3 is 0 Å². The van der Waals surface area contributed by atoms with Gasteiger partial charge in [-0.2, -0.15) is 0 Å².